The number of hydrogen-bond acceptors (Lipinski definition) is 3. The molecule has 0 amide bonds. The molecule has 0 aromatic heterocycles. The van der Waals surface area contributed by atoms with Gasteiger partial charge in [0.2, 0.25) is 0 Å². The van der Waals surface area contributed by atoms with Gasteiger partial charge in [-0.15, -0.1) is 0 Å². The molecule has 3 rings (SSSR count). The predicted molar refractivity (Wildman–Crippen MR) is 55.6 cm³/mol. The number of benzene rings is 1. The molecule has 2 aliphatic rings. The molecule has 0 spiro atoms. The second kappa shape index (κ2) is 2.89. The van der Waals surface area contributed by atoms with Crippen LogP contribution in [-0.2, 0) is 0 Å². The van der Waals surface area contributed by atoms with E-state index in [0.717, 1.165) is 18.9 Å². The van der Waals surface area contributed by atoms with Crippen LogP contribution in [0.5, 0.6) is 5.75 Å². The Labute approximate surface area is 83.8 Å². The minimum Gasteiger partial charge on any atom is -0.489 e. The van der Waals surface area contributed by atoms with Crippen LogP contribution in [0.15, 0.2) is 18.2 Å². The van der Waals surface area contributed by atoms with Gasteiger partial charge in [0.25, 0.3) is 0 Å². The van der Waals surface area contributed by atoms with E-state index in [2.05, 4.69) is 35.1 Å². The molecule has 3 heteroatoms. The third kappa shape index (κ3) is 1.24. The van der Waals surface area contributed by atoms with Crippen LogP contribution in [-0.4, -0.2) is 31.3 Å². The Morgan fingerprint density at radius 3 is 2.86 bits per heavy atom. The Hall–Kier alpha value is -1.22. The summed E-state index contributed by atoms with van der Waals surface area (Å²) in [5.74, 6) is 1.02. The van der Waals surface area contributed by atoms with Gasteiger partial charge in [0.05, 0.1) is 12.2 Å². The molecule has 14 heavy (non-hydrogen) atoms. The fraction of sp³-hybridized carbons (Fsp3) is 0.455. The highest BCUT2D eigenvalue weighted by Gasteiger charge is 2.29. The number of hydrogen-bond donors (Lipinski definition) is 0. The molecule has 1 fully saturated rings. The van der Waals surface area contributed by atoms with Crippen LogP contribution < -0.4 is 9.75 Å². The number of fused-ring (bicyclic) bond motifs is 1. The lowest BCUT2D eigenvalue weighted by atomic mass is 10.2. The smallest absolute Gasteiger partial charge is 0.144 e. The van der Waals surface area contributed by atoms with E-state index in [-0.39, 0.29) is 0 Å². The quantitative estimate of drug-likeness (QED) is 0.623. The van der Waals surface area contributed by atoms with Gasteiger partial charge in [-0.05, 0) is 24.6 Å². The molecule has 0 N–H and O–H groups in total. The first kappa shape index (κ1) is 8.12. The lowest BCUT2D eigenvalue weighted by Gasteiger charge is -2.31. The summed E-state index contributed by atoms with van der Waals surface area (Å²) in [5, 5.41) is 4.69. The van der Waals surface area contributed by atoms with Gasteiger partial charge in [0, 0.05) is 13.1 Å². The van der Waals surface area contributed by atoms with Gasteiger partial charge in [-0.3, -0.25) is 5.01 Å². The van der Waals surface area contributed by atoms with Crippen molar-refractivity contribution in [2.24, 2.45) is 0 Å². The molecule has 1 saturated heterocycles. The number of rotatable bonds is 1. The summed E-state index contributed by atoms with van der Waals surface area (Å²) in [4.78, 5) is 0. The molecule has 2 aliphatic heterocycles. The number of aryl methyl sites for hydroxylation is 1. The molecular formula is C11H14N2O. The maximum absolute atomic E-state index is 5.62. The zero-order valence-electron chi connectivity index (χ0n) is 8.36. The van der Waals surface area contributed by atoms with Gasteiger partial charge in [-0.25, -0.2) is 5.01 Å². The first-order chi connectivity index (χ1) is 6.84. The van der Waals surface area contributed by atoms with Crippen molar-refractivity contribution in [1.82, 2.24) is 5.01 Å². The average Bonchev–Trinajstić information content (AvgIpc) is 3.00. The maximum Gasteiger partial charge on any atom is 0.144 e. The first-order valence-corrected chi connectivity index (χ1v) is 5.10. The van der Waals surface area contributed by atoms with Crippen LogP contribution in [0, 0.1) is 6.92 Å². The van der Waals surface area contributed by atoms with Crippen LogP contribution in [0.25, 0.3) is 0 Å². The second-order valence-electron chi connectivity index (χ2n) is 3.90. The molecule has 74 valence electrons. The largest absolute Gasteiger partial charge is 0.489 e. The van der Waals surface area contributed by atoms with E-state index in [1.165, 1.54) is 24.3 Å². The fourth-order valence-electron chi connectivity index (χ4n) is 1.89. The van der Waals surface area contributed by atoms with Gasteiger partial charge >= 0.3 is 0 Å². The number of ether oxygens (including phenoxy) is 1. The lowest BCUT2D eigenvalue weighted by molar-refractivity contribution is 0.282. The Kier molecular flexibility index (Phi) is 1.67. The molecule has 0 saturated carbocycles. The van der Waals surface area contributed by atoms with Crippen molar-refractivity contribution in [3.63, 3.8) is 0 Å². The van der Waals surface area contributed by atoms with Crippen molar-refractivity contribution in [1.29, 1.82) is 0 Å². The highest BCUT2D eigenvalue weighted by molar-refractivity contribution is 5.60. The molecule has 0 radical (unpaired) electrons. The molecule has 3 nitrogen and oxygen atoms in total. The lowest BCUT2D eigenvalue weighted by Crippen LogP contribution is -2.37. The summed E-state index contributed by atoms with van der Waals surface area (Å²) < 4.78 is 5.62. The van der Waals surface area contributed by atoms with Gasteiger partial charge in [0.15, 0.2) is 0 Å². The Morgan fingerprint density at radius 1 is 1.21 bits per heavy atom. The van der Waals surface area contributed by atoms with Gasteiger partial charge in [-0.2, -0.15) is 0 Å². The van der Waals surface area contributed by atoms with Crippen molar-refractivity contribution in [3.8, 4) is 5.75 Å². The van der Waals surface area contributed by atoms with Crippen molar-refractivity contribution < 1.29 is 4.74 Å². The van der Waals surface area contributed by atoms with Crippen molar-refractivity contribution in [2.45, 2.75) is 6.92 Å². The molecule has 0 bridgehead atoms. The summed E-state index contributed by atoms with van der Waals surface area (Å²) in [6.07, 6.45) is 0. The van der Waals surface area contributed by atoms with Gasteiger partial charge in [-0.1, -0.05) is 6.07 Å². The van der Waals surface area contributed by atoms with Crippen LogP contribution in [0.2, 0.25) is 0 Å². The molecule has 2 heterocycles. The normalized spacial score (nSPS) is 20.2. The van der Waals surface area contributed by atoms with Gasteiger partial charge in [0.1, 0.15) is 12.4 Å². The summed E-state index contributed by atoms with van der Waals surface area (Å²) in [6, 6.07) is 6.37. The number of hydrazine groups is 1. The summed E-state index contributed by atoms with van der Waals surface area (Å²) in [7, 11) is 0. The Balaban J connectivity index is 2.02. The number of nitrogens with zero attached hydrogens (tertiary/aromatic N) is 2. The summed E-state index contributed by atoms with van der Waals surface area (Å²) in [6.45, 7) is 6.28. The summed E-state index contributed by atoms with van der Waals surface area (Å²) >= 11 is 0. The van der Waals surface area contributed by atoms with Crippen LogP contribution >= 0.6 is 0 Å². The van der Waals surface area contributed by atoms with Crippen molar-refractivity contribution >= 4 is 5.69 Å². The number of anilines is 1. The Bertz CT molecular complexity index is 360. The highest BCUT2D eigenvalue weighted by Crippen LogP contribution is 2.34. The average molecular weight is 190 g/mol. The van der Waals surface area contributed by atoms with E-state index in [1.54, 1.807) is 0 Å². The standard InChI is InChI=1S/C11H14N2O/c1-9-2-3-11-10(8-9)13(6-7-14-11)12-4-5-12/h2-3,8H,4-7H2,1H3. The van der Waals surface area contributed by atoms with Crippen LogP contribution in [0.3, 0.4) is 0 Å². The van der Waals surface area contributed by atoms with E-state index in [4.69, 9.17) is 4.74 Å². The SMILES string of the molecule is Cc1ccc2c(c1)N(N1CC1)CCO2. The zero-order chi connectivity index (χ0) is 9.54. The van der Waals surface area contributed by atoms with Crippen molar-refractivity contribution in [3.05, 3.63) is 23.8 Å². The van der Waals surface area contributed by atoms with E-state index >= 15 is 0 Å². The zero-order valence-corrected chi connectivity index (χ0v) is 8.36. The summed E-state index contributed by atoms with van der Waals surface area (Å²) in [5.41, 5.74) is 2.52. The minimum atomic E-state index is 0.798. The predicted octanol–water partition coefficient (Wildman–Crippen LogP) is 1.42. The molecule has 0 unspecified atom stereocenters. The van der Waals surface area contributed by atoms with E-state index in [9.17, 15) is 0 Å². The topological polar surface area (TPSA) is 15.5 Å². The van der Waals surface area contributed by atoms with Gasteiger partial charge < -0.3 is 4.74 Å². The minimum absolute atomic E-state index is 0.798. The molecular weight excluding hydrogens is 176 g/mol. The maximum atomic E-state index is 5.62. The highest BCUT2D eigenvalue weighted by atomic mass is 16.5. The Morgan fingerprint density at radius 2 is 2.07 bits per heavy atom. The monoisotopic (exact) mass is 190 g/mol. The van der Waals surface area contributed by atoms with E-state index in [1.807, 2.05) is 0 Å². The molecule has 1 aromatic rings. The fourth-order valence-corrected chi connectivity index (χ4v) is 1.89. The third-order valence-corrected chi connectivity index (χ3v) is 2.72. The van der Waals surface area contributed by atoms with E-state index < -0.39 is 0 Å². The van der Waals surface area contributed by atoms with Crippen LogP contribution in [0.1, 0.15) is 5.56 Å². The third-order valence-electron chi connectivity index (χ3n) is 2.72. The van der Waals surface area contributed by atoms with Crippen LogP contribution in [0.4, 0.5) is 5.69 Å². The molecule has 0 atom stereocenters. The first-order valence-electron chi connectivity index (χ1n) is 5.10. The second-order valence-corrected chi connectivity index (χ2v) is 3.90. The van der Waals surface area contributed by atoms with Crippen molar-refractivity contribution in [2.75, 3.05) is 31.3 Å². The molecule has 1 aromatic carbocycles. The van der Waals surface area contributed by atoms with E-state index in [0.29, 0.717) is 0 Å². The molecule has 0 aliphatic carbocycles.